The van der Waals surface area contributed by atoms with Gasteiger partial charge in [0.1, 0.15) is 0 Å². The van der Waals surface area contributed by atoms with Crippen molar-refractivity contribution >= 4 is 28.3 Å². The molecule has 1 aliphatic rings. The van der Waals surface area contributed by atoms with Gasteiger partial charge < -0.3 is 10.1 Å². The van der Waals surface area contributed by atoms with Crippen molar-refractivity contribution in [1.29, 1.82) is 0 Å². The van der Waals surface area contributed by atoms with E-state index >= 15 is 0 Å². The van der Waals surface area contributed by atoms with E-state index in [9.17, 15) is 4.79 Å². The van der Waals surface area contributed by atoms with Gasteiger partial charge in [-0.25, -0.2) is 9.67 Å². The van der Waals surface area contributed by atoms with Crippen molar-refractivity contribution in [1.82, 2.24) is 25.0 Å². The first-order chi connectivity index (χ1) is 16.6. The monoisotopic (exact) mass is 475 g/mol. The Hall–Kier alpha value is -3.07. The van der Waals surface area contributed by atoms with E-state index in [2.05, 4.69) is 53.4 Å². The predicted octanol–water partition coefficient (Wildman–Crippen LogP) is 4.37. The van der Waals surface area contributed by atoms with Crippen LogP contribution in [0.1, 0.15) is 35.8 Å². The second-order valence-corrected chi connectivity index (χ2v) is 9.82. The van der Waals surface area contributed by atoms with Crippen LogP contribution in [-0.2, 0) is 11.3 Å². The molecule has 7 nitrogen and oxygen atoms in total. The fraction of sp³-hybridized carbons (Fsp3) is 0.346. The molecule has 5 rings (SSSR count). The number of carbonyl (C=O) groups is 1. The maximum Gasteiger partial charge on any atom is 0.252 e. The van der Waals surface area contributed by atoms with E-state index in [1.165, 1.54) is 5.56 Å². The van der Waals surface area contributed by atoms with Crippen LogP contribution in [-0.4, -0.2) is 57.9 Å². The van der Waals surface area contributed by atoms with E-state index < -0.39 is 0 Å². The van der Waals surface area contributed by atoms with Crippen LogP contribution in [0.3, 0.4) is 0 Å². The summed E-state index contributed by atoms with van der Waals surface area (Å²) in [6.45, 7) is 7.81. The molecular formula is C26H29N5O2S. The Balaban J connectivity index is 1.32. The average Bonchev–Trinajstić information content (AvgIpc) is 3.53. The van der Waals surface area contributed by atoms with E-state index in [-0.39, 0.29) is 18.1 Å². The number of carbonyl (C=O) groups excluding carboxylic acids is 1. The Morgan fingerprint density at radius 1 is 1.24 bits per heavy atom. The van der Waals surface area contributed by atoms with Crippen LogP contribution >= 0.6 is 11.3 Å². The van der Waals surface area contributed by atoms with Crippen molar-refractivity contribution in [2.45, 2.75) is 32.5 Å². The largest absolute Gasteiger partial charge is 0.374 e. The van der Waals surface area contributed by atoms with Crippen molar-refractivity contribution < 1.29 is 9.53 Å². The first kappa shape index (κ1) is 22.7. The molecule has 0 saturated carbocycles. The number of nitrogens with zero attached hydrogens (tertiary/aromatic N) is 4. The molecule has 0 radical (unpaired) electrons. The predicted molar refractivity (Wildman–Crippen MR) is 135 cm³/mol. The van der Waals surface area contributed by atoms with Gasteiger partial charge in [0, 0.05) is 32.2 Å². The molecule has 1 unspecified atom stereocenters. The van der Waals surface area contributed by atoms with E-state index in [0.29, 0.717) is 18.7 Å². The molecule has 1 N–H and O–H groups in total. The maximum absolute atomic E-state index is 13.3. The van der Waals surface area contributed by atoms with Crippen molar-refractivity contribution in [3.63, 3.8) is 0 Å². The minimum absolute atomic E-state index is 0.0473. The molecule has 4 aromatic rings. The second kappa shape index (κ2) is 10.0. The number of morpholine rings is 1. The van der Waals surface area contributed by atoms with Crippen LogP contribution in [0.5, 0.6) is 0 Å². The van der Waals surface area contributed by atoms with Crippen molar-refractivity contribution in [2.75, 3.05) is 26.2 Å². The first-order valence-electron chi connectivity index (χ1n) is 11.7. The summed E-state index contributed by atoms with van der Waals surface area (Å²) < 4.78 is 7.82. The summed E-state index contributed by atoms with van der Waals surface area (Å²) in [4.78, 5) is 21.6. The third-order valence-corrected chi connectivity index (χ3v) is 6.93. The van der Waals surface area contributed by atoms with E-state index in [0.717, 1.165) is 41.2 Å². The number of amides is 1. The smallest absolute Gasteiger partial charge is 0.252 e. The standard InChI is InChI=1S/C26H29N5O2S/c1-18(2)31-25-22(15-28-31)21(13-23(29-25)24-9-6-12-34-24)26(32)27-14-20-17-30(10-11-33-20)16-19-7-4-3-5-8-19/h3-9,12-13,15,18,20H,10-11,14,16-17H2,1-2H3,(H,27,32). The molecule has 1 atom stereocenters. The molecule has 8 heteroatoms. The Morgan fingerprint density at radius 3 is 2.85 bits per heavy atom. The number of benzene rings is 1. The number of pyridine rings is 1. The molecule has 176 valence electrons. The van der Waals surface area contributed by atoms with Crippen molar-refractivity contribution in [3.8, 4) is 10.6 Å². The highest BCUT2D eigenvalue weighted by molar-refractivity contribution is 7.13. The van der Waals surface area contributed by atoms with Crippen molar-refractivity contribution in [2.24, 2.45) is 0 Å². The number of thiophene rings is 1. The highest BCUT2D eigenvalue weighted by Crippen LogP contribution is 2.29. The van der Waals surface area contributed by atoms with Gasteiger partial charge in [0.25, 0.3) is 5.91 Å². The van der Waals surface area contributed by atoms with Crippen LogP contribution in [0, 0.1) is 0 Å². The van der Waals surface area contributed by atoms with Crippen LogP contribution in [0.4, 0.5) is 0 Å². The minimum atomic E-state index is -0.128. The fourth-order valence-electron chi connectivity index (χ4n) is 4.33. The normalized spacial score (nSPS) is 16.9. The summed E-state index contributed by atoms with van der Waals surface area (Å²) in [6, 6.07) is 16.5. The quantitative estimate of drug-likeness (QED) is 0.430. The number of nitrogens with one attached hydrogen (secondary N) is 1. The number of aromatic nitrogens is 3. The third-order valence-electron chi connectivity index (χ3n) is 6.04. The highest BCUT2D eigenvalue weighted by Gasteiger charge is 2.23. The van der Waals surface area contributed by atoms with Gasteiger partial charge in [0.05, 0.1) is 40.4 Å². The number of rotatable bonds is 7. The van der Waals surface area contributed by atoms with Crippen molar-refractivity contribution in [3.05, 3.63) is 71.2 Å². The summed E-state index contributed by atoms with van der Waals surface area (Å²) >= 11 is 1.61. The Bertz CT molecular complexity index is 1250. The lowest BCUT2D eigenvalue weighted by Gasteiger charge is -2.33. The topological polar surface area (TPSA) is 72.3 Å². The zero-order valence-corrected chi connectivity index (χ0v) is 20.3. The molecular weight excluding hydrogens is 446 g/mol. The minimum Gasteiger partial charge on any atom is -0.374 e. The maximum atomic E-state index is 13.3. The van der Waals surface area contributed by atoms with E-state index in [1.54, 1.807) is 17.5 Å². The molecule has 0 bridgehead atoms. The van der Waals surface area contributed by atoms with E-state index in [4.69, 9.17) is 9.72 Å². The Morgan fingerprint density at radius 2 is 2.09 bits per heavy atom. The van der Waals surface area contributed by atoms with Gasteiger partial charge in [-0.2, -0.15) is 5.10 Å². The van der Waals surface area contributed by atoms with Crippen LogP contribution in [0.15, 0.2) is 60.1 Å². The van der Waals surface area contributed by atoms with Gasteiger partial charge in [0.2, 0.25) is 0 Å². The van der Waals surface area contributed by atoms with E-state index in [1.807, 2.05) is 34.3 Å². The summed E-state index contributed by atoms with van der Waals surface area (Å²) in [5.74, 6) is -0.128. The lowest BCUT2D eigenvalue weighted by Crippen LogP contribution is -2.47. The number of hydrogen-bond acceptors (Lipinski definition) is 6. The molecule has 34 heavy (non-hydrogen) atoms. The average molecular weight is 476 g/mol. The summed E-state index contributed by atoms with van der Waals surface area (Å²) in [7, 11) is 0. The zero-order chi connectivity index (χ0) is 23.5. The Kier molecular flexibility index (Phi) is 6.71. The molecule has 1 amide bonds. The van der Waals surface area contributed by atoms with Crippen LogP contribution in [0.25, 0.3) is 21.6 Å². The van der Waals surface area contributed by atoms with Gasteiger partial charge in [-0.05, 0) is 36.9 Å². The summed E-state index contributed by atoms with van der Waals surface area (Å²) in [5.41, 5.74) is 3.40. The molecule has 1 saturated heterocycles. The number of fused-ring (bicyclic) bond motifs is 1. The lowest BCUT2D eigenvalue weighted by atomic mass is 10.1. The van der Waals surface area contributed by atoms with Gasteiger partial charge in [-0.3, -0.25) is 9.69 Å². The lowest BCUT2D eigenvalue weighted by molar-refractivity contribution is -0.0292. The molecule has 3 aromatic heterocycles. The van der Waals surface area contributed by atoms with Gasteiger partial charge in [-0.1, -0.05) is 36.4 Å². The van der Waals surface area contributed by atoms with Gasteiger partial charge in [-0.15, -0.1) is 11.3 Å². The van der Waals surface area contributed by atoms with Crippen LogP contribution in [0.2, 0.25) is 0 Å². The fourth-order valence-corrected chi connectivity index (χ4v) is 5.01. The number of hydrogen-bond donors (Lipinski definition) is 1. The zero-order valence-electron chi connectivity index (χ0n) is 19.5. The SMILES string of the molecule is CC(C)n1ncc2c(C(=O)NCC3CN(Cc4ccccc4)CCO3)cc(-c3cccs3)nc21. The molecule has 1 aliphatic heterocycles. The molecule has 0 spiro atoms. The molecule has 1 aromatic carbocycles. The summed E-state index contributed by atoms with van der Waals surface area (Å²) in [5, 5.41) is 10.4. The summed E-state index contributed by atoms with van der Waals surface area (Å²) in [6.07, 6.45) is 1.70. The first-order valence-corrected chi connectivity index (χ1v) is 12.5. The molecule has 4 heterocycles. The second-order valence-electron chi connectivity index (χ2n) is 8.88. The molecule has 1 fully saturated rings. The van der Waals surface area contributed by atoms with Gasteiger partial charge in [0.15, 0.2) is 5.65 Å². The third kappa shape index (κ3) is 4.89. The highest BCUT2D eigenvalue weighted by atomic mass is 32.1. The number of ether oxygens (including phenoxy) is 1. The van der Waals surface area contributed by atoms with Gasteiger partial charge >= 0.3 is 0 Å². The van der Waals surface area contributed by atoms with Crippen LogP contribution < -0.4 is 5.32 Å². The Labute approximate surface area is 203 Å². The molecule has 0 aliphatic carbocycles.